The molecule has 1 unspecified atom stereocenters. The molecule has 0 bridgehead atoms. The lowest BCUT2D eigenvalue weighted by atomic mass is 9.92. The Labute approximate surface area is 185 Å². The summed E-state index contributed by atoms with van der Waals surface area (Å²) in [6.07, 6.45) is 0.482. The van der Waals surface area contributed by atoms with Gasteiger partial charge in [-0.05, 0) is 29.8 Å². The summed E-state index contributed by atoms with van der Waals surface area (Å²) in [5.41, 5.74) is 3.36. The number of para-hydroxylation sites is 1. The van der Waals surface area contributed by atoms with Crippen LogP contribution < -0.4 is 4.74 Å². The predicted octanol–water partition coefficient (Wildman–Crippen LogP) is 4.93. The lowest BCUT2D eigenvalue weighted by Crippen LogP contribution is -2.41. The molecule has 0 saturated carbocycles. The molecule has 4 aromatic rings. The molecule has 0 aliphatic carbocycles. The number of carboxylic acids is 1. The van der Waals surface area contributed by atoms with Crippen molar-refractivity contribution in [3.05, 3.63) is 77.5 Å². The smallest absolute Gasteiger partial charge is 0.305 e. The van der Waals surface area contributed by atoms with Crippen LogP contribution in [0.4, 0.5) is 0 Å². The van der Waals surface area contributed by atoms with Crippen LogP contribution in [0.5, 0.6) is 5.75 Å². The van der Waals surface area contributed by atoms with E-state index in [-0.39, 0.29) is 12.3 Å². The minimum atomic E-state index is -0.936. The van der Waals surface area contributed by atoms with Crippen molar-refractivity contribution in [1.82, 2.24) is 9.88 Å². The van der Waals surface area contributed by atoms with Gasteiger partial charge in [0.1, 0.15) is 5.75 Å². The van der Waals surface area contributed by atoms with Crippen LogP contribution in [-0.2, 0) is 11.2 Å². The molecular formula is C26H24N2O4. The van der Waals surface area contributed by atoms with Crippen molar-refractivity contribution in [3.8, 4) is 5.75 Å². The molecule has 32 heavy (non-hydrogen) atoms. The molecule has 162 valence electrons. The molecule has 2 N–H and O–H groups in total. The van der Waals surface area contributed by atoms with E-state index in [2.05, 4.69) is 4.98 Å². The Morgan fingerprint density at radius 3 is 2.59 bits per heavy atom. The van der Waals surface area contributed by atoms with E-state index in [1.54, 1.807) is 4.90 Å². The molecule has 0 spiro atoms. The summed E-state index contributed by atoms with van der Waals surface area (Å²) in [4.78, 5) is 31.0. The van der Waals surface area contributed by atoms with Crippen LogP contribution in [0.15, 0.2) is 60.7 Å². The van der Waals surface area contributed by atoms with Gasteiger partial charge in [-0.3, -0.25) is 9.59 Å². The molecule has 1 aliphatic rings. The third kappa shape index (κ3) is 3.28. The third-order valence-corrected chi connectivity index (χ3v) is 6.17. The molecule has 1 amide bonds. The summed E-state index contributed by atoms with van der Waals surface area (Å²) in [5.74, 6) is -0.615. The number of carbonyl (C=O) groups excluding carboxylic acids is 1. The van der Waals surface area contributed by atoms with Crippen LogP contribution in [0.25, 0.3) is 21.7 Å². The van der Waals surface area contributed by atoms with E-state index in [4.69, 9.17) is 4.74 Å². The first kappa shape index (κ1) is 20.1. The van der Waals surface area contributed by atoms with E-state index in [0.29, 0.717) is 30.9 Å². The summed E-state index contributed by atoms with van der Waals surface area (Å²) in [6, 6.07) is 18.8. The maximum absolute atomic E-state index is 14.0. The highest BCUT2D eigenvalue weighted by molar-refractivity contribution is 6.10. The largest absolute Gasteiger partial charge is 0.493 e. The minimum absolute atomic E-state index is 0.157. The Hall–Kier alpha value is -3.80. The van der Waals surface area contributed by atoms with E-state index >= 15 is 0 Å². The number of rotatable bonds is 5. The fourth-order valence-electron chi connectivity index (χ4n) is 4.85. The van der Waals surface area contributed by atoms with Crippen molar-refractivity contribution < 1.29 is 19.4 Å². The van der Waals surface area contributed by atoms with Gasteiger partial charge in [-0.2, -0.15) is 0 Å². The van der Waals surface area contributed by atoms with E-state index in [0.717, 1.165) is 32.9 Å². The molecule has 1 aromatic heterocycles. The van der Waals surface area contributed by atoms with Crippen molar-refractivity contribution in [2.75, 3.05) is 13.2 Å². The second kappa shape index (κ2) is 8.04. The number of ether oxygens (including phenoxy) is 1. The number of benzene rings is 3. The van der Waals surface area contributed by atoms with Crippen molar-refractivity contribution in [2.24, 2.45) is 0 Å². The first-order chi connectivity index (χ1) is 15.6. The van der Waals surface area contributed by atoms with Crippen LogP contribution >= 0.6 is 0 Å². The second-order valence-corrected chi connectivity index (χ2v) is 8.02. The number of aliphatic carboxylic acids is 1. The molecule has 5 rings (SSSR count). The van der Waals surface area contributed by atoms with E-state index in [1.165, 1.54) is 0 Å². The van der Waals surface area contributed by atoms with Crippen molar-refractivity contribution in [2.45, 2.75) is 25.8 Å². The lowest BCUT2D eigenvalue weighted by molar-refractivity contribution is -0.138. The molecule has 6 heteroatoms. The molecule has 2 heterocycles. The third-order valence-electron chi connectivity index (χ3n) is 6.17. The van der Waals surface area contributed by atoms with Crippen LogP contribution in [0.3, 0.4) is 0 Å². The molecule has 0 saturated heterocycles. The van der Waals surface area contributed by atoms with Crippen LogP contribution in [0, 0.1) is 0 Å². The average molecular weight is 428 g/mol. The number of hydrogen-bond acceptors (Lipinski definition) is 3. The highest BCUT2D eigenvalue weighted by Gasteiger charge is 2.36. The lowest BCUT2D eigenvalue weighted by Gasteiger charge is -2.36. The SMILES string of the molecule is CCOc1ccc2ccccc2c1C(=O)N1CCc2[nH]c3ccccc3c2C1CC(=O)O. The topological polar surface area (TPSA) is 82.6 Å². The fourth-order valence-corrected chi connectivity index (χ4v) is 4.85. The Balaban J connectivity index is 1.67. The number of amides is 1. The second-order valence-electron chi connectivity index (χ2n) is 8.02. The number of nitrogens with zero attached hydrogens (tertiary/aromatic N) is 1. The van der Waals surface area contributed by atoms with Crippen LogP contribution in [-0.4, -0.2) is 40.0 Å². The number of aromatic amines is 1. The quantitative estimate of drug-likeness (QED) is 0.472. The fraction of sp³-hybridized carbons (Fsp3) is 0.231. The highest BCUT2D eigenvalue weighted by atomic mass is 16.5. The van der Waals surface area contributed by atoms with Crippen LogP contribution in [0.1, 0.15) is 41.0 Å². The molecule has 1 aliphatic heterocycles. The monoisotopic (exact) mass is 428 g/mol. The molecule has 1 atom stereocenters. The van der Waals surface area contributed by atoms with Gasteiger partial charge < -0.3 is 19.7 Å². The summed E-state index contributed by atoms with van der Waals surface area (Å²) in [6.45, 7) is 2.75. The first-order valence-electron chi connectivity index (χ1n) is 10.8. The van der Waals surface area contributed by atoms with Gasteiger partial charge in [-0.25, -0.2) is 0 Å². The van der Waals surface area contributed by atoms with Gasteiger partial charge in [0, 0.05) is 35.1 Å². The average Bonchev–Trinajstić information content (AvgIpc) is 3.18. The van der Waals surface area contributed by atoms with Gasteiger partial charge in [0.25, 0.3) is 5.91 Å². The van der Waals surface area contributed by atoms with Crippen LogP contribution in [0.2, 0.25) is 0 Å². The minimum Gasteiger partial charge on any atom is -0.493 e. The zero-order valence-corrected chi connectivity index (χ0v) is 17.8. The molecular weight excluding hydrogens is 404 g/mol. The maximum atomic E-state index is 14.0. The predicted molar refractivity (Wildman–Crippen MR) is 123 cm³/mol. The van der Waals surface area contributed by atoms with Gasteiger partial charge in [0.05, 0.1) is 24.6 Å². The Bertz CT molecular complexity index is 1340. The van der Waals surface area contributed by atoms with Crippen molar-refractivity contribution >= 4 is 33.6 Å². The normalized spacial score (nSPS) is 15.7. The summed E-state index contributed by atoms with van der Waals surface area (Å²) < 4.78 is 5.83. The number of hydrogen-bond donors (Lipinski definition) is 2. The summed E-state index contributed by atoms with van der Waals surface area (Å²) in [7, 11) is 0. The Morgan fingerprint density at radius 1 is 1.06 bits per heavy atom. The number of carbonyl (C=O) groups is 2. The number of carboxylic acid groups (broad SMARTS) is 1. The van der Waals surface area contributed by atoms with Gasteiger partial charge in [-0.1, -0.05) is 48.5 Å². The molecule has 6 nitrogen and oxygen atoms in total. The Morgan fingerprint density at radius 2 is 1.81 bits per heavy atom. The standard InChI is InChI=1S/C26H24N2O4/c1-2-32-22-12-11-16-7-3-4-8-17(16)25(22)26(31)28-14-13-20-24(21(28)15-23(29)30)18-9-5-6-10-19(18)27-20/h3-12,21,27H,2,13-15H2,1H3,(H,29,30). The molecule has 0 radical (unpaired) electrons. The first-order valence-corrected chi connectivity index (χ1v) is 10.8. The van der Waals surface area contributed by atoms with E-state index < -0.39 is 12.0 Å². The number of nitrogens with one attached hydrogen (secondary N) is 1. The molecule has 0 fully saturated rings. The number of fused-ring (bicyclic) bond motifs is 4. The zero-order valence-electron chi connectivity index (χ0n) is 17.8. The van der Waals surface area contributed by atoms with Gasteiger partial charge >= 0.3 is 5.97 Å². The van der Waals surface area contributed by atoms with Gasteiger partial charge in [0.15, 0.2) is 0 Å². The summed E-state index contributed by atoms with van der Waals surface area (Å²) >= 11 is 0. The molecule has 3 aromatic carbocycles. The number of aromatic nitrogens is 1. The maximum Gasteiger partial charge on any atom is 0.305 e. The number of H-pyrrole nitrogens is 1. The van der Waals surface area contributed by atoms with Crippen molar-refractivity contribution in [1.29, 1.82) is 0 Å². The highest BCUT2D eigenvalue weighted by Crippen LogP contribution is 2.40. The van der Waals surface area contributed by atoms with E-state index in [1.807, 2.05) is 67.6 Å². The zero-order chi connectivity index (χ0) is 22.2. The van der Waals surface area contributed by atoms with Crippen molar-refractivity contribution in [3.63, 3.8) is 0 Å². The summed E-state index contributed by atoms with van der Waals surface area (Å²) in [5, 5.41) is 12.4. The van der Waals surface area contributed by atoms with Gasteiger partial charge in [0.2, 0.25) is 0 Å². The van der Waals surface area contributed by atoms with Gasteiger partial charge in [-0.15, -0.1) is 0 Å². The van der Waals surface area contributed by atoms with E-state index in [9.17, 15) is 14.7 Å². The Kier molecular flexibility index (Phi) is 5.05.